The number of anilines is 1. The van der Waals surface area contributed by atoms with Gasteiger partial charge in [0.1, 0.15) is 0 Å². The molecule has 2 fully saturated rings. The number of alkyl halides is 3. The Labute approximate surface area is 130 Å². The van der Waals surface area contributed by atoms with Crippen LogP contribution in [-0.2, 0) is 6.18 Å². The molecular formula is C15H18BrF3N2. The van der Waals surface area contributed by atoms with Crippen molar-refractivity contribution in [1.82, 2.24) is 4.90 Å². The van der Waals surface area contributed by atoms with E-state index in [0.29, 0.717) is 10.5 Å². The van der Waals surface area contributed by atoms with Gasteiger partial charge in [0.15, 0.2) is 0 Å². The molecule has 116 valence electrons. The summed E-state index contributed by atoms with van der Waals surface area (Å²) >= 11 is 3.12. The van der Waals surface area contributed by atoms with Crippen molar-refractivity contribution in [3.8, 4) is 0 Å². The van der Waals surface area contributed by atoms with Crippen LogP contribution in [0.4, 0.5) is 18.9 Å². The van der Waals surface area contributed by atoms with Gasteiger partial charge in [-0.3, -0.25) is 0 Å². The number of nitrogens with zero attached hydrogens (tertiary/aromatic N) is 1. The van der Waals surface area contributed by atoms with Gasteiger partial charge in [-0.25, -0.2) is 0 Å². The fraction of sp³-hybridized carbons (Fsp3) is 0.600. The highest BCUT2D eigenvalue weighted by molar-refractivity contribution is 9.10. The molecule has 0 spiro atoms. The molecule has 2 aliphatic heterocycles. The van der Waals surface area contributed by atoms with Gasteiger partial charge in [0.05, 0.1) is 5.56 Å². The predicted molar refractivity (Wildman–Crippen MR) is 80.4 cm³/mol. The van der Waals surface area contributed by atoms with Crippen LogP contribution in [0.2, 0.25) is 0 Å². The van der Waals surface area contributed by atoms with E-state index in [1.54, 1.807) is 6.07 Å². The van der Waals surface area contributed by atoms with Crippen molar-refractivity contribution in [3.63, 3.8) is 0 Å². The molecule has 3 rings (SSSR count). The molecule has 1 N–H and O–H groups in total. The van der Waals surface area contributed by atoms with Crippen LogP contribution in [0.25, 0.3) is 0 Å². The van der Waals surface area contributed by atoms with Crippen LogP contribution < -0.4 is 5.32 Å². The molecule has 2 heterocycles. The number of halogens is 4. The molecule has 0 bridgehead atoms. The largest absolute Gasteiger partial charge is 0.418 e. The van der Waals surface area contributed by atoms with Crippen LogP contribution in [0.1, 0.15) is 31.2 Å². The zero-order valence-corrected chi connectivity index (χ0v) is 13.2. The quantitative estimate of drug-likeness (QED) is 0.832. The molecule has 1 aromatic rings. The van der Waals surface area contributed by atoms with Gasteiger partial charge in [0, 0.05) is 28.8 Å². The smallest absolute Gasteiger partial charge is 0.382 e. The standard InChI is InChI=1S/C15H18BrF3N2/c16-10-3-4-14(13(8-10)15(17,18)19)20-11-5-7-21-6-1-2-12(21)9-11/h3-4,8,11-12,20H,1-2,5-7,9H2. The molecule has 2 aliphatic rings. The van der Waals surface area contributed by atoms with Gasteiger partial charge in [-0.05, 0) is 50.4 Å². The highest BCUT2D eigenvalue weighted by Gasteiger charge is 2.36. The summed E-state index contributed by atoms with van der Waals surface area (Å²) in [5.41, 5.74) is -0.395. The van der Waals surface area contributed by atoms with E-state index in [0.717, 1.165) is 32.0 Å². The normalized spacial score (nSPS) is 26.7. The zero-order chi connectivity index (χ0) is 15.0. The number of benzene rings is 1. The number of hydrogen-bond donors (Lipinski definition) is 1. The van der Waals surface area contributed by atoms with Crippen LogP contribution in [0, 0.1) is 0 Å². The van der Waals surface area contributed by atoms with E-state index in [1.807, 2.05) is 0 Å². The van der Waals surface area contributed by atoms with Crippen molar-refractivity contribution in [2.24, 2.45) is 0 Å². The number of rotatable bonds is 2. The highest BCUT2D eigenvalue weighted by Crippen LogP contribution is 2.38. The van der Waals surface area contributed by atoms with Crippen molar-refractivity contribution in [3.05, 3.63) is 28.2 Å². The molecule has 0 aliphatic carbocycles. The van der Waals surface area contributed by atoms with Gasteiger partial charge in [-0.2, -0.15) is 13.2 Å². The van der Waals surface area contributed by atoms with Gasteiger partial charge >= 0.3 is 6.18 Å². The van der Waals surface area contributed by atoms with Crippen LogP contribution in [0.3, 0.4) is 0 Å². The molecule has 2 unspecified atom stereocenters. The minimum absolute atomic E-state index is 0.131. The lowest BCUT2D eigenvalue weighted by Crippen LogP contribution is -2.42. The van der Waals surface area contributed by atoms with Crippen molar-refractivity contribution in [1.29, 1.82) is 0 Å². The predicted octanol–water partition coefficient (Wildman–Crippen LogP) is 4.51. The third-order valence-corrected chi connectivity index (χ3v) is 4.96. The summed E-state index contributed by atoms with van der Waals surface area (Å²) in [5, 5.41) is 3.13. The maximum absolute atomic E-state index is 13.1. The van der Waals surface area contributed by atoms with E-state index in [1.165, 1.54) is 18.9 Å². The molecule has 2 atom stereocenters. The number of piperidine rings is 1. The summed E-state index contributed by atoms with van der Waals surface area (Å²) in [6.07, 6.45) is -0.106. The van der Waals surface area contributed by atoms with Gasteiger partial charge < -0.3 is 10.2 Å². The van der Waals surface area contributed by atoms with Crippen LogP contribution in [0.5, 0.6) is 0 Å². The van der Waals surface area contributed by atoms with Gasteiger partial charge in [0.2, 0.25) is 0 Å². The lowest BCUT2D eigenvalue weighted by molar-refractivity contribution is -0.137. The second-order valence-electron chi connectivity index (χ2n) is 5.89. The highest BCUT2D eigenvalue weighted by atomic mass is 79.9. The third kappa shape index (κ3) is 3.37. The molecule has 0 saturated carbocycles. The molecular weight excluding hydrogens is 345 g/mol. The van der Waals surface area contributed by atoms with Crippen LogP contribution >= 0.6 is 15.9 Å². The van der Waals surface area contributed by atoms with Crippen LogP contribution in [-0.4, -0.2) is 30.1 Å². The average molecular weight is 363 g/mol. The van der Waals surface area contributed by atoms with Crippen LogP contribution in [0.15, 0.2) is 22.7 Å². The Morgan fingerprint density at radius 1 is 1.19 bits per heavy atom. The Hall–Kier alpha value is -0.750. The first kappa shape index (κ1) is 15.2. The number of hydrogen-bond acceptors (Lipinski definition) is 2. The fourth-order valence-corrected chi connectivity index (χ4v) is 3.81. The van der Waals surface area contributed by atoms with E-state index >= 15 is 0 Å². The molecule has 2 nitrogen and oxygen atoms in total. The maximum atomic E-state index is 13.1. The Morgan fingerprint density at radius 3 is 2.76 bits per heavy atom. The minimum Gasteiger partial charge on any atom is -0.382 e. The third-order valence-electron chi connectivity index (χ3n) is 4.47. The zero-order valence-electron chi connectivity index (χ0n) is 11.6. The van der Waals surface area contributed by atoms with Crippen molar-refractivity contribution in [2.75, 3.05) is 18.4 Å². The molecule has 21 heavy (non-hydrogen) atoms. The molecule has 0 aromatic heterocycles. The first-order valence-corrected chi connectivity index (χ1v) is 8.10. The lowest BCUT2D eigenvalue weighted by atomic mass is 9.97. The minimum atomic E-state index is -4.33. The van der Waals surface area contributed by atoms with E-state index < -0.39 is 11.7 Å². The Kier molecular flexibility index (Phi) is 4.19. The van der Waals surface area contributed by atoms with E-state index in [-0.39, 0.29) is 11.7 Å². The van der Waals surface area contributed by atoms with E-state index in [2.05, 4.69) is 26.1 Å². The summed E-state index contributed by atoms with van der Waals surface area (Å²) < 4.78 is 39.8. The maximum Gasteiger partial charge on any atom is 0.418 e. The Balaban J connectivity index is 1.76. The van der Waals surface area contributed by atoms with Gasteiger partial charge in [0.25, 0.3) is 0 Å². The summed E-state index contributed by atoms with van der Waals surface area (Å²) in [6, 6.07) is 5.00. The topological polar surface area (TPSA) is 15.3 Å². The second kappa shape index (κ2) is 5.80. The Morgan fingerprint density at radius 2 is 2.00 bits per heavy atom. The molecule has 2 saturated heterocycles. The Bertz CT molecular complexity index is 518. The first-order chi connectivity index (χ1) is 9.93. The molecule has 1 aromatic carbocycles. The molecule has 0 amide bonds. The monoisotopic (exact) mass is 362 g/mol. The SMILES string of the molecule is FC(F)(F)c1cc(Br)ccc1NC1CCN2CCCC2C1. The molecule has 6 heteroatoms. The summed E-state index contributed by atoms with van der Waals surface area (Å²) in [7, 11) is 0. The second-order valence-corrected chi connectivity index (χ2v) is 6.80. The van der Waals surface area contributed by atoms with E-state index in [9.17, 15) is 13.2 Å². The number of nitrogens with one attached hydrogen (secondary N) is 1. The number of fused-ring (bicyclic) bond motifs is 1. The molecule has 0 radical (unpaired) electrons. The summed E-state index contributed by atoms with van der Waals surface area (Å²) in [4.78, 5) is 2.46. The van der Waals surface area contributed by atoms with Gasteiger partial charge in [-0.1, -0.05) is 15.9 Å². The van der Waals surface area contributed by atoms with Crippen molar-refractivity contribution in [2.45, 2.75) is 43.9 Å². The fourth-order valence-electron chi connectivity index (χ4n) is 3.45. The van der Waals surface area contributed by atoms with E-state index in [4.69, 9.17) is 0 Å². The lowest BCUT2D eigenvalue weighted by Gasteiger charge is -2.36. The summed E-state index contributed by atoms with van der Waals surface area (Å²) in [6.45, 7) is 2.13. The summed E-state index contributed by atoms with van der Waals surface area (Å²) in [5.74, 6) is 0. The first-order valence-electron chi connectivity index (χ1n) is 7.31. The van der Waals surface area contributed by atoms with Crippen molar-refractivity contribution < 1.29 is 13.2 Å². The van der Waals surface area contributed by atoms with Crippen molar-refractivity contribution >= 4 is 21.6 Å². The van der Waals surface area contributed by atoms with Gasteiger partial charge in [-0.15, -0.1) is 0 Å². The average Bonchev–Trinajstić information content (AvgIpc) is 2.87.